The highest BCUT2D eigenvalue weighted by atomic mass is 32.1. The average molecular weight is 394 g/mol. The molecule has 1 aliphatic rings. The predicted octanol–water partition coefficient (Wildman–Crippen LogP) is 3.34. The smallest absolute Gasteiger partial charge is 0.387 e. The summed E-state index contributed by atoms with van der Waals surface area (Å²) in [6.07, 6.45) is 1.85. The Balaban J connectivity index is 1.51. The van der Waals surface area contributed by atoms with Gasteiger partial charge in [0.2, 0.25) is 0 Å². The number of thiophene rings is 1. The molecule has 0 aliphatic carbocycles. The number of ether oxygens (including phenoxy) is 1. The molecule has 0 bridgehead atoms. The Morgan fingerprint density at radius 2 is 2.19 bits per heavy atom. The number of nitrogens with one attached hydrogen (secondary N) is 2. The van der Waals surface area contributed by atoms with Crippen molar-refractivity contribution in [2.45, 2.75) is 25.5 Å². The first kappa shape index (κ1) is 19.4. The van der Waals surface area contributed by atoms with Gasteiger partial charge in [0.05, 0.1) is 5.69 Å². The molecule has 1 atom stereocenters. The van der Waals surface area contributed by atoms with Gasteiger partial charge in [-0.25, -0.2) is 0 Å². The third-order valence-corrected chi connectivity index (χ3v) is 5.35. The molecule has 3 rings (SSSR count). The summed E-state index contributed by atoms with van der Waals surface area (Å²) in [4.78, 5) is 7.68. The summed E-state index contributed by atoms with van der Waals surface area (Å²) in [5.41, 5.74) is 0.697. The van der Waals surface area contributed by atoms with E-state index in [-0.39, 0.29) is 11.8 Å². The maximum atomic E-state index is 12.6. The largest absolute Gasteiger partial charge is 0.433 e. The molecule has 146 valence electrons. The van der Waals surface area contributed by atoms with Crippen LogP contribution in [0.3, 0.4) is 0 Å². The standard InChI is InChI=1S/C19H24F2N4OS/c1-22-19(23-10-8-15-5-4-12-27-15)24-14-9-11-25(13-14)16-6-2-3-7-17(16)26-18(20)21/h2-7,12,14,18H,8-11,13H2,1H3,(H2,22,23,24). The van der Waals surface area contributed by atoms with Gasteiger partial charge < -0.3 is 20.3 Å². The average Bonchev–Trinajstić information content (AvgIpc) is 3.33. The normalized spacial score (nSPS) is 17.4. The lowest BCUT2D eigenvalue weighted by atomic mass is 10.2. The Hall–Kier alpha value is -2.35. The topological polar surface area (TPSA) is 48.9 Å². The van der Waals surface area contributed by atoms with Crippen molar-refractivity contribution in [2.75, 3.05) is 31.6 Å². The van der Waals surface area contributed by atoms with Crippen LogP contribution in [0.5, 0.6) is 5.75 Å². The van der Waals surface area contributed by atoms with Gasteiger partial charge in [0.15, 0.2) is 5.96 Å². The first-order valence-corrected chi connectivity index (χ1v) is 9.82. The van der Waals surface area contributed by atoms with Crippen molar-refractivity contribution in [2.24, 2.45) is 4.99 Å². The van der Waals surface area contributed by atoms with Gasteiger partial charge in [0.1, 0.15) is 5.75 Å². The fourth-order valence-corrected chi connectivity index (χ4v) is 3.87. The van der Waals surface area contributed by atoms with Crippen molar-refractivity contribution in [3.8, 4) is 5.75 Å². The van der Waals surface area contributed by atoms with Crippen LogP contribution in [0.15, 0.2) is 46.8 Å². The lowest BCUT2D eigenvalue weighted by molar-refractivity contribution is -0.0495. The number of rotatable bonds is 7. The van der Waals surface area contributed by atoms with E-state index >= 15 is 0 Å². The molecule has 1 saturated heterocycles. The summed E-state index contributed by atoms with van der Waals surface area (Å²) in [5, 5.41) is 8.82. The molecule has 27 heavy (non-hydrogen) atoms. The summed E-state index contributed by atoms with van der Waals surface area (Å²) in [5.74, 6) is 0.974. The van der Waals surface area contributed by atoms with Gasteiger partial charge in [-0.05, 0) is 36.4 Å². The van der Waals surface area contributed by atoms with Crippen molar-refractivity contribution in [1.82, 2.24) is 10.6 Å². The molecule has 0 amide bonds. The van der Waals surface area contributed by atoms with Crippen molar-refractivity contribution in [3.05, 3.63) is 46.7 Å². The van der Waals surface area contributed by atoms with Gasteiger partial charge in [-0.2, -0.15) is 8.78 Å². The number of halogens is 2. The van der Waals surface area contributed by atoms with Gasteiger partial charge in [0, 0.05) is 37.6 Å². The zero-order valence-corrected chi connectivity index (χ0v) is 16.0. The highest BCUT2D eigenvalue weighted by Gasteiger charge is 2.25. The van der Waals surface area contributed by atoms with Crippen molar-refractivity contribution >= 4 is 23.0 Å². The zero-order chi connectivity index (χ0) is 19.1. The molecule has 5 nitrogen and oxygen atoms in total. The minimum Gasteiger partial charge on any atom is -0.433 e. The first-order chi connectivity index (χ1) is 13.2. The van der Waals surface area contributed by atoms with Crippen LogP contribution < -0.4 is 20.3 Å². The van der Waals surface area contributed by atoms with E-state index in [1.807, 2.05) is 12.1 Å². The minimum absolute atomic E-state index is 0.192. The number of aliphatic imine (C=N–C) groups is 1. The van der Waals surface area contributed by atoms with E-state index < -0.39 is 6.61 Å². The van der Waals surface area contributed by atoms with Crippen molar-refractivity contribution in [1.29, 1.82) is 0 Å². The lowest BCUT2D eigenvalue weighted by Gasteiger charge is -2.22. The number of hydrogen-bond donors (Lipinski definition) is 2. The van der Waals surface area contributed by atoms with Gasteiger partial charge in [-0.3, -0.25) is 4.99 Å². The van der Waals surface area contributed by atoms with Crippen molar-refractivity contribution in [3.63, 3.8) is 0 Å². The molecule has 1 aromatic heterocycles. The quantitative estimate of drug-likeness (QED) is 0.559. The minimum atomic E-state index is -2.82. The lowest BCUT2D eigenvalue weighted by Crippen LogP contribution is -2.45. The fourth-order valence-electron chi connectivity index (χ4n) is 3.16. The summed E-state index contributed by atoms with van der Waals surface area (Å²) in [6, 6.07) is 11.3. The molecule has 2 N–H and O–H groups in total. The summed E-state index contributed by atoms with van der Waals surface area (Å²) >= 11 is 1.75. The van der Waals surface area contributed by atoms with E-state index in [1.54, 1.807) is 30.5 Å². The summed E-state index contributed by atoms with van der Waals surface area (Å²) in [6.45, 7) is -0.543. The first-order valence-electron chi connectivity index (χ1n) is 8.94. The fraction of sp³-hybridized carbons (Fsp3) is 0.421. The van der Waals surface area contributed by atoms with Crippen LogP contribution in [0.1, 0.15) is 11.3 Å². The maximum Gasteiger partial charge on any atom is 0.387 e. The second-order valence-electron chi connectivity index (χ2n) is 6.25. The Bertz CT molecular complexity index is 739. The number of anilines is 1. The molecule has 0 spiro atoms. The second kappa shape index (κ2) is 9.55. The van der Waals surface area contributed by atoms with Crippen LogP contribution in [-0.4, -0.2) is 45.3 Å². The van der Waals surface area contributed by atoms with E-state index in [4.69, 9.17) is 0 Å². The third kappa shape index (κ3) is 5.56. The second-order valence-corrected chi connectivity index (χ2v) is 7.28. The summed E-state index contributed by atoms with van der Waals surface area (Å²) in [7, 11) is 1.75. The molecule has 2 heterocycles. The predicted molar refractivity (Wildman–Crippen MR) is 106 cm³/mol. The van der Waals surface area contributed by atoms with E-state index in [0.29, 0.717) is 12.2 Å². The van der Waals surface area contributed by atoms with Crippen LogP contribution in [0, 0.1) is 0 Å². The molecule has 2 aromatic rings. The highest BCUT2D eigenvalue weighted by molar-refractivity contribution is 7.09. The molecule has 8 heteroatoms. The van der Waals surface area contributed by atoms with Crippen molar-refractivity contribution < 1.29 is 13.5 Å². The molecule has 1 aromatic carbocycles. The van der Waals surface area contributed by atoms with E-state index in [1.165, 1.54) is 4.88 Å². The van der Waals surface area contributed by atoms with Gasteiger partial charge in [0.25, 0.3) is 0 Å². The molecule has 1 unspecified atom stereocenters. The van der Waals surface area contributed by atoms with Gasteiger partial charge >= 0.3 is 6.61 Å². The molecule has 0 radical (unpaired) electrons. The van der Waals surface area contributed by atoms with Crippen LogP contribution >= 0.6 is 11.3 Å². The number of benzene rings is 1. The molecule has 0 saturated carbocycles. The number of nitrogens with zero attached hydrogens (tertiary/aromatic N) is 2. The van der Waals surface area contributed by atoms with E-state index in [0.717, 1.165) is 31.9 Å². The third-order valence-electron chi connectivity index (χ3n) is 4.42. The molecular weight excluding hydrogens is 370 g/mol. The molecule has 1 fully saturated rings. The SMILES string of the molecule is CN=C(NCCc1cccs1)NC1CCN(c2ccccc2OC(F)F)C1. The molecule has 1 aliphatic heterocycles. The van der Waals surface area contributed by atoms with E-state index in [2.05, 4.69) is 42.8 Å². The van der Waals surface area contributed by atoms with Crippen LogP contribution in [-0.2, 0) is 6.42 Å². The molecular formula is C19H24F2N4OS. The van der Waals surface area contributed by atoms with Crippen LogP contribution in [0.25, 0.3) is 0 Å². The Morgan fingerprint density at radius 3 is 2.93 bits per heavy atom. The Labute approximate surface area is 162 Å². The highest BCUT2D eigenvalue weighted by Crippen LogP contribution is 2.31. The Kier molecular flexibility index (Phi) is 6.86. The monoisotopic (exact) mass is 394 g/mol. The van der Waals surface area contributed by atoms with E-state index in [9.17, 15) is 8.78 Å². The van der Waals surface area contributed by atoms with Crippen LogP contribution in [0.2, 0.25) is 0 Å². The summed E-state index contributed by atoms with van der Waals surface area (Å²) < 4.78 is 29.9. The number of para-hydroxylation sites is 2. The Morgan fingerprint density at radius 1 is 1.33 bits per heavy atom. The number of hydrogen-bond acceptors (Lipinski definition) is 4. The van der Waals surface area contributed by atoms with Gasteiger partial charge in [-0.15, -0.1) is 11.3 Å². The zero-order valence-electron chi connectivity index (χ0n) is 15.2. The number of guanidine groups is 1. The number of alkyl halides is 2. The van der Waals surface area contributed by atoms with Crippen LogP contribution in [0.4, 0.5) is 14.5 Å². The van der Waals surface area contributed by atoms with Gasteiger partial charge in [-0.1, -0.05) is 18.2 Å². The maximum absolute atomic E-state index is 12.6.